The average Bonchev–Trinajstić information content (AvgIpc) is 2.52. The van der Waals surface area contributed by atoms with Gasteiger partial charge in [-0.05, 0) is 0 Å². The zero-order chi connectivity index (χ0) is 17.2. The van der Waals surface area contributed by atoms with Crippen molar-refractivity contribution in [2.75, 3.05) is 60.6 Å². The first-order valence-corrected chi connectivity index (χ1v) is 10.6. The average molecular weight is 365 g/mol. The summed E-state index contributed by atoms with van der Waals surface area (Å²) in [4.78, 5) is 33.7. The van der Waals surface area contributed by atoms with Crippen molar-refractivity contribution >= 4 is 21.8 Å². The summed E-state index contributed by atoms with van der Waals surface area (Å²) in [6, 6.07) is 0. The molecule has 12 heteroatoms. The molecule has 136 valence electrons. The molecule has 0 aromatic heterocycles. The van der Waals surface area contributed by atoms with Crippen LogP contribution >= 0.6 is 15.9 Å². The fraction of sp³-hybridized carbons (Fsp3) is 0.900. The van der Waals surface area contributed by atoms with Gasteiger partial charge in [0.15, 0.2) is 0 Å². The van der Waals surface area contributed by atoms with Crippen molar-refractivity contribution in [2.24, 2.45) is 5.73 Å². The number of carbonyl (C=O) groups excluding carboxylic acids is 1. The predicted octanol–water partition coefficient (Wildman–Crippen LogP) is -1.16. The summed E-state index contributed by atoms with van der Waals surface area (Å²) < 4.78 is 20.0. The molecule has 0 bridgehead atoms. The van der Waals surface area contributed by atoms with Gasteiger partial charge in [0.2, 0.25) is 0 Å². The SMILES string of the molecule is CO[PH](O)(CN(CC(=O)NCCN)C[PH](O)(OC)OC)OC. The summed E-state index contributed by atoms with van der Waals surface area (Å²) >= 11 is 0. The summed E-state index contributed by atoms with van der Waals surface area (Å²) in [6.45, 7) is 0.554. The molecule has 0 radical (unpaired) electrons. The third-order valence-electron chi connectivity index (χ3n) is 2.96. The van der Waals surface area contributed by atoms with Gasteiger partial charge in [0.25, 0.3) is 0 Å². The quantitative estimate of drug-likeness (QED) is 0.316. The van der Waals surface area contributed by atoms with Gasteiger partial charge in [-0.3, -0.25) is 0 Å². The summed E-state index contributed by atoms with van der Waals surface area (Å²) in [5, 5.41) is 2.61. The maximum absolute atomic E-state index is 11.8. The molecule has 0 unspecified atom stereocenters. The van der Waals surface area contributed by atoms with E-state index in [2.05, 4.69) is 5.32 Å². The van der Waals surface area contributed by atoms with E-state index in [0.29, 0.717) is 13.1 Å². The van der Waals surface area contributed by atoms with Gasteiger partial charge in [0.05, 0.1) is 0 Å². The van der Waals surface area contributed by atoms with E-state index in [0.717, 1.165) is 0 Å². The van der Waals surface area contributed by atoms with Crippen LogP contribution in [-0.2, 0) is 22.9 Å². The zero-order valence-corrected chi connectivity index (χ0v) is 15.5. The van der Waals surface area contributed by atoms with Crippen LogP contribution in [0.25, 0.3) is 0 Å². The monoisotopic (exact) mass is 365 g/mol. The van der Waals surface area contributed by atoms with E-state index in [9.17, 15) is 14.6 Å². The molecule has 0 aromatic carbocycles. The van der Waals surface area contributed by atoms with Gasteiger partial charge in [0.1, 0.15) is 0 Å². The molecule has 0 aliphatic heterocycles. The maximum atomic E-state index is 11.8. The van der Waals surface area contributed by atoms with Crippen LogP contribution in [0.3, 0.4) is 0 Å². The van der Waals surface area contributed by atoms with Gasteiger partial charge in [-0.1, -0.05) is 0 Å². The number of carbonyl (C=O) groups is 1. The molecule has 0 aliphatic carbocycles. The standard InChI is InChI=1S/C10H29N3O7P2/c1-17-21(15,18-2)8-13(7-10(14)12-6-5-11)9-22(16,19-3)20-4/h15-16,21-22H,5-9,11H2,1-4H3,(H,12,14). The van der Waals surface area contributed by atoms with E-state index in [1.165, 1.54) is 33.3 Å². The van der Waals surface area contributed by atoms with E-state index in [4.69, 9.17) is 23.8 Å². The van der Waals surface area contributed by atoms with Gasteiger partial charge < -0.3 is 0 Å². The fourth-order valence-electron chi connectivity index (χ4n) is 1.63. The number of rotatable bonds is 12. The van der Waals surface area contributed by atoms with Crippen LogP contribution in [0.4, 0.5) is 0 Å². The third kappa shape index (κ3) is 8.03. The second-order valence-corrected chi connectivity index (χ2v) is 9.64. The Hall–Kier alpha value is 0.0100. The Morgan fingerprint density at radius 1 is 1.05 bits per heavy atom. The van der Waals surface area contributed by atoms with Gasteiger partial charge >= 0.3 is 131 Å². The van der Waals surface area contributed by atoms with Crippen LogP contribution in [0.5, 0.6) is 0 Å². The molecule has 0 saturated carbocycles. The van der Waals surface area contributed by atoms with Crippen LogP contribution < -0.4 is 11.1 Å². The Morgan fingerprint density at radius 3 is 1.77 bits per heavy atom. The van der Waals surface area contributed by atoms with E-state index in [1.54, 1.807) is 0 Å². The van der Waals surface area contributed by atoms with E-state index < -0.39 is 15.9 Å². The second kappa shape index (κ2) is 10.7. The number of hydrogen-bond donors (Lipinski definition) is 4. The molecule has 0 saturated heterocycles. The number of nitrogens with one attached hydrogen (secondary N) is 1. The Morgan fingerprint density at radius 2 is 1.45 bits per heavy atom. The van der Waals surface area contributed by atoms with Gasteiger partial charge in [0, 0.05) is 0 Å². The summed E-state index contributed by atoms with van der Waals surface area (Å²) in [5.74, 6) is -0.308. The molecule has 0 fully saturated rings. The molecule has 0 aliphatic rings. The molecule has 10 nitrogen and oxygen atoms in total. The van der Waals surface area contributed by atoms with E-state index >= 15 is 0 Å². The third-order valence-corrected chi connectivity index (χ3v) is 7.20. The molecular formula is C10H29N3O7P2. The fourth-order valence-corrected chi connectivity index (χ4v) is 4.28. The Bertz CT molecular complexity index is 310. The second-order valence-electron chi connectivity index (χ2n) is 4.53. The van der Waals surface area contributed by atoms with Crippen molar-refractivity contribution in [1.29, 1.82) is 0 Å². The molecule has 0 atom stereocenters. The van der Waals surface area contributed by atoms with Crippen molar-refractivity contribution in [3.05, 3.63) is 0 Å². The topological polar surface area (TPSA) is 136 Å². The first kappa shape index (κ1) is 22.0. The first-order chi connectivity index (χ1) is 10.3. The number of nitrogens with zero attached hydrogens (tertiary/aromatic N) is 1. The Labute approximate surface area is 132 Å². The van der Waals surface area contributed by atoms with Crippen LogP contribution in [0.2, 0.25) is 0 Å². The van der Waals surface area contributed by atoms with E-state index in [1.807, 2.05) is 0 Å². The van der Waals surface area contributed by atoms with Gasteiger partial charge in [-0.2, -0.15) is 0 Å². The molecule has 22 heavy (non-hydrogen) atoms. The van der Waals surface area contributed by atoms with Gasteiger partial charge in [-0.15, -0.1) is 0 Å². The van der Waals surface area contributed by atoms with Crippen LogP contribution in [0, 0.1) is 0 Å². The van der Waals surface area contributed by atoms with Crippen molar-refractivity contribution in [1.82, 2.24) is 10.2 Å². The molecule has 0 aromatic rings. The van der Waals surface area contributed by atoms with Gasteiger partial charge in [-0.25, -0.2) is 0 Å². The van der Waals surface area contributed by atoms with E-state index in [-0.39, 0.29) is 25.0 Å². The minimum absolute atomic E-state index is 0.0575. The molecule has 5 N–H and O–H groups in total. The normalized spacial score (nSPS) is 14.2. The molecular weight excluding hydrogens is 336 g/mol. The van der Waals surface area contributed by atoms with Crippen molar-refractivity contribution in [3.8, 4) is 0 Å². The summed E-state index contributed by atoms with van der Waals surface area (Å²) in [5.41, 5.74) is 5.32. The molecule has 1 amide bonds. The van der Waals surface area contributed by atoms with Crippen molar-refractivity contribution in [2.45, 2.75) is 0 Å². The van der Waals surface area contributed by atoms with Crippen molar-refractivity contribution < 1.29 is 32.7 Å². The van der Waals surface area contributed by atoms with Crippen molar-refractivity contribution in [3.63, 3.8) is 0 Å². The summed E-state index contributed by atoms with van der Waals surface area (Å²) in [7, 11) is -1.65. The van der Waals surface area contributed by atoms with Crippen LogP contribution in [0.15, 0.2) is 0 Å². The minimum atomic E-state index is -3.46. The molecule has 0 rings (SSSR count). The first-order valence-electron chi connectivity index (χ1n) is 6.62. The molecule has 0 heterocycles. The van der Waals surface area contributed by atoms with Crippen LogP contribution in [0.1, 0.15) is 0 Å². The number of amides is 1. The Kier molecular flexibility index (Phi) is 10.7. The number of hydrogen-bond acceptors (Lipinski definition) is 9. The molecule has 0 spiro atoms. The predicted molar refractivity (Wildman–Crippen MR) is 87.6 cm³/mol. The Balaban J connectivity index is 4.94. The number of nitrogens with two attached hydrogens (primary N) is 1. The van der Waals surface area contributed by atoms with Crippen LogP contribution in [-0.4, -0.2) is 81.2 Å². The zero-order valence-electron chi connectivity index (χ0n) is 13.5. The summed E-state index contributed by atoms with van der Waals surface area (Å²) in [6.07, 6.45) is -0.115.